The number of rotatable bonds is 4. The van der Waals surface area contributed by atoms with E-state index in [0.29, 0.717) is 11.3 Å². The molecule has 0 bridgehead atoms. The molecule has 0 saturated carbocycles. The second-order valence-electron chi connectivity index (χ2n) is 5.84. The largest absolute Gasteiger partial charge is 0.508 e. The standard InChI is InChI=1S/C18H21FN2O2/c19-18-15(13-22)2-1-3-17(18)21-10-8-20(9-11-21)12-14-4-6-16(23)7-5-14/h1-7,22-23H,8-13H2. The van der Waals surface area contributed by atoms with Crippen LogP contribution in [0.15, 0.2) is 42.5 Å². The molecule has 23 heavy (non-hydrogen) atoms. The molecule has 2 N–H and O–H groups in total. The third-order valence-electron chi connectivity index (χ3n) is 4.28. The van der Waals surface area contributed by atoms with E-state index in [1.54, 1.807) is 30.3 Å². The van der Waals surface area contributed by atoms with Gasteiger partial charge >= 0.3 is 0 Å². The maximum atomic E-state index is 14.3. The molecule has 2 aromatic carbocycles. The maximum Gasteiger partial charge on any atom is 0.151 e. The first-order chi connectivity index (χ1) is 11.2. The zero-order valence-corrected chi connectivity index (χ0v) is 13.0. The van der Waals surface area contributed by atoms with E-state index in [4.69, 9.17) is 0 Å². The van der Waals surface area contributed by atoms with Crippen LogP contribution in [0.2, 0.25) is 0 Å². The smallest absolute Gasteiger partial charge is 0.151 e. The molecule has 1 fully saturated rings. The zero-order chi connectivity index (χ0) is 16.2. The molecule has 1 aliphatic heterocycles. The fourth-order valence-corrected chi connectivity index (χ4v) is 2.94. The number of benzene rings is 2. The fourth-order valence-electron chi connectivity index (χ4n) is 2.94. The highest BCUT2D eigenvalue weighted by atomic mass is 19.1. The molecule has 1 heterocycles. The van der Waals surface area contributed by atoms with Crippen molar-refractivity contribution in [1.82, 2.24) is 4.90 Å². The monoisotopic (exact) mass is 316 g/mol. The highest BCUT2D eigenvalue weighted by Crippen LogP contribution is 2.24. The van der Waals surface area contributed by atoms with E-state index in [0.717, 1.165) is 38.3 Å². The van der Waals surface area contributed by atoms with Crippen molar-refractivity contribution in [3.63, 3.8) is 0 Å². The molecule has 122 valence electrons. The molecule has 1 aliphatic rings. The number of hydrogen-bond donors (Lipinski definition) is 2. The van der Waals surface area contributed by atoms with Crippen LogP contribution in [0.1, 0.15) is 11.1 Å². The van der Waals surface area contributed by atoms with Gasteiger partial charge in [0.1, 0.15) is 5.75 Å². The summed E-state index contributed by atoms with van der Waals surface area (Å²) in [6.07, 6.45) is 0. The number of hydrogen-bond acceptors (Lipinski definition) is 4. The summed E-state index contributed by atoms with van der Waals surface area (Å²) < 4.78 is 14.3. The highest BCUT2D eigenvalue weighted by Gasteiger charge is 2.20. The molecule has 4 nitrogen and oxygen atoms in total. The van der Waals surface area contributed by atoms with Crippen LogP contribution in [0, 0.1) is 5.82 Å². The van der Waals surface area contributed by atoms with Crippen LogP contribution in [-0.4, -0.2) is 41.3 Å². The van der Waals surface area contributed by atoms with Crippen LogP contribution in [0.4, 0.5) is 10.1 Å². The van der Waals surface area contributed by atoms with Crippen molar-refractivity contribution < 1.29 is 14.6 Å². The van der Waals surface area contributed by atoms with Crippen molar-refractivity contribution in [2.24, 2.45) is 0 Å². The molecule has 2 aromatic rings. The van der Waals surface area contributed by atoms with Gasteiger partial charge in [-0.15, -0.1) is 0 Å². The van der Waals surface area contributed by atoms with Gasteiger partial charge in [-0.3, -0.25) is 4.90 Å². The lowest BCUT2D eigenvalue weighted by atomic mass is 10.1. The first-order valence-electron chi connectivity index (χ1n) is 7.81. The van der Waals surface area contributed by atoms with Crippen molar-refractivity contribution in [3.05, 3.63) is 59.4 Å². The van der Waals surface area contributed by atoms with Gasteiger partial charge in [0.2, 0.25) is 0 Å². The van der Waals surface area contributed by atoms with Crippen molar-refractivity contribution in [2.45, 2.75) is 13.2 Å². The molecule has 0 amide bonds. The molecule has 0 unspecified atom stereocenters. The summed E-state index contributed by atoms with van der Waals surface area (Å²) in [5, 5.41) is 18.5. The summed E-state index contributed by atoms with van der Waals surface area (Å²) in [7, 11) is 0. The molecule has 0 aromatic heterocycles. The Balaban J connectivity index is 1.61. The molecule has 0 atom stereocenters. The molecular weight excluding hydrogens is 295 g/mol. The molecule has 1 saturated heterocycles. The van der Waals surface area contributed by atoms with Crippen molar-refractivity contribution in [1.29, 1.82) is 0 Å². The number of piperazine rings is 1. The Bertz CT molecular complexity index is 653. The third-order valence-corrected chi connectivity index (χ3v) is 4.28. The molecule has 0 radical (unpaired) electrons. The summed E-state index contributed by atoms with van der Waals surface area (Å²) in [4.78, 5) is 4.35. The van der Waals surface area contributed by atoms with Crippen LogP contribution in [-0.2, 0) is 13.2 Å². The number of anilines is 1. The summed E-state index contributed by atoms with van der Waals surface area (Å²) in [5.41, 5.74) is 2.07. The number of aliphatic hydroxyl groups is 1. The molecule has 0 spiro atoms. The van der Waals surface area contributed by atoms with Gasteiger partial charge in [-0.05, 0) is 23.8 Å². The number of aliphatic hydroxyl groups excluding tert-OH is 1. The van der Waals surface area contributed by atoms with Gasteiger partial charge in [0.15, 0.2) is 5.82 Å². The Labute approximate surface area is 135 Å². The Hall–Kier alpha value is -2.11. The minimum Gasteiger partial charge on any atom is -0.508 e. The van der Waals surface area contributed by atoms with Crippen molar-refractivity contribution in [3.8, 4) is 5.75 Å². The number of phenolic OH excluding ortho intramolecular Hbond substituents is 1. The quantitative estimate of drug-likeness (QED) is 0.909. The molecule has 3 rings (SSSR count). The lowest BCUT2D eigenvalue weighted by Crippen LogP contribution is -2.46. The summed E-state index contributed by atoms with van der Waals surface area (Å²) in [5.74, 6) is -0.0419. The van der Waals surface area contributed by atoms with E-state index in [2.05, 4.69) is 4.90 Å². The van der Waals surface area contributed by atoms with Crippen molar-refractivity contribution in [2.75, 3.05) is 31.1 Å². The summed E-state index contributed by atoms with van der Waals surface area (Å²) in [6, 6.07) is 12.4. The first-order valence-corrected chi connectivity index (χ1v) is 7.81. The summed E-state index contributed by atoms with van der Waals surface area (Å²) >= 11 is 0. The van der Waals surface area contributed by atoms with Crippen molar-refractivity contribution >= 4 is 5.69 Å². The minimum absolute atomic E-state index is 0.276. The lowest BCUT2D eigenvalue weighted by Gasteiger charge is -2.36. The predicted molar refractivity (Wildman–Crippen MR) is 87.9 cm³/mol. The van der Waals surface area contributed by atoms with Gasteiger partial charge in [0.05, 0.1) is 12.3 Å². The van der Waals surface area contributed by atoms with Gasteiger partial charge < -0.3 is 15.1 Å². The zero-order valence-electron chi connectivity index (χ0n) is 13.0. The SMILES string of the molecule is OCc1cccc(N2CCN(Cc3ccc(O)cc3)CC2)c1F. The number of phenols is 1. The highest BCUT2D eigenvalue weighted by molar-refractivity contribution is 5.50. The fraction of sp³-hybridized carbons (Fsp3) is 0.333. The van der Waals surface area contributed by atoms with E-state index in [9.17, 15) is 14.6 Å². The van der Waals surface area contributed by atoms with Gasteiger partial charge in [-0.1, -0.05) is 24.3 Å². The van der Waals surface area contributed by atoms with Crippen LogP contribution in [0.25, 0.3) is 0 Å². The average molecular weight is 316 g/mol. The summed E-state index contributed by atoms with van der Waals surface area (Å²) in [6.45, 7) is 3.76. The van der Waals surface area contributed by atoms with Gasteiger partial charge in [-0.25, -0.2) is 4.39 Å². The van der Waals surface area contributed by atoms with Crippen LogP contribution >= 0.6 is 0 Å². The van der Waals surface area contributed by atoms with Gasteiger partial charge in [-0.2, -0.15) is 0 Å². The number of aromatic hydroxyl groups is 1. The van der Waals surface area contributed by atoms with E-state index >= 15 is 0 Å². The van der Waals surface area contributed by atoms with Crippen LogP contribution < -0.4 is 4.90 Å². The number of nitrogens with zero attached hydrogens (tertiary/aromatic N) is 2. The third kappa shape index (κ3) is 3.63. The van der Waals surface area contributed by atoms with Crippen LogP contribution in [0.3, 0.4) is 0 Å². The first kappa shape index (κ1) is 15.8. The van der Waals surface area contributed by atoms with Crippen LogP contribution in [0.5, 0.6) is 5.75 Å². The number of halogens is 1. The second-order valence-corrected chi connectivity index (χ2v) is 5.84. The van der Waals surface area contributed by atoms with E-state index < -0.39 is 0 Å². The lowest BCUT2D eigenvalue weighted by molar-refractivity contribution is 0.248. The Kier molecular flexibility index (Phi) is 4.79. The Morgan fingerprint density at radius 3 is 2.30 bits per heavy atom. The molecular formula is C18H21FN2O2. The van der Waals surface area contributed by atoms with E-state index in [1.165, 1.54) is 0 Å². The van der Waals surface area contributed by atoms with Gasteiger partial charge in [0, 0.05) is 38.3 Å². The molecule has 5 heteroatoms. The van der Waals surface area contributed by atoms with Gasteiger partial charge in [0.25, 0.3) is 0 Å². The normalized spacial score (nSPS) is 15.8. The Morgan fingerprint density at radius 1 is 0.957 bits per heavy atom. The van der Waals surface area contributed by atoms with E-state index in [-0.39, 0.29) is 18.2 Å². The average Bonchev–Trinajstić information content (AvgIpc) is 2.58. The predicted octanol–water partition coefficient (Wildman–Crippen LogP) is 2.35. The second kappa shape index (κ2) is 6.98. The Morgan fingerprint density at radius 2 is 1.65 bits per heavy atom. The topological polar surface area (TPSA) is 46.9 Å². The minimum atomic E-state index is -0.318. The van der Waals surface area contributed by atoms with E-state index in [1.807, 2.05) is 17.0 Å². The maximum absolute atomic E-state index is 14.3. The molecule has 0 aliphatic carbocycles.